The van der Waals surface area contributed by atoms with E-state index in [4.69, 9.17) is 0 Å². The summed E-state index contributed by atoms with van der Waals surface area (Å²) in [5.74, 6) is 2.25. The fraction of sp³-hybridized carbons (Fsp3) is 0.130. The first-order valence-corrected chi connectivity index (χ1v) is 10.6. The Labute approximate surface area is 151 Å². The average molecular weight is 346 g/mol. The van der Waals surface area contributed by atoms with E-state index in [-0.39, 0.29) is 5.76 Å². The van der Waals surface area contributed by atoms with Gasteiger partial charge in [0.25, 0.3) is 0 Å². The van der Waals surface area contributed by atoms with Crippen molar-refractivity contribution in [3.63, 3.8) is 0 Å². The second-order valence-corrected chi connectivity index (χ2v) is 9.33. The summed E-state index contributed by atoms with van der Waals surface area (Å²) in [4.78, 5) is 0. The molecule has 0 heterocycles. The highest BCUT2D eigenvalue weighted by Crippen LogP contribution is 2.57. The van der Waals surface area contributed by atoms with Crippen molar-refractivity contribution in [3.05, 3.63) is 103 Å². The van der Waals surface area contributed by atoms with Crippen LogP contribution in [-0.2, 0) is 0 Å². The van der Waals surface area contributed by atoms with Gasteiger partial charge in [0.15, 0.2) is 0 Å². The van der Waals surface area contributed by atoms with Crippen LogP contribution < -0.4 is 21.0 Å². The Kier molecular flexibility index (Phi) is 5.68. The summed E-state index contributed by atoms with van der Waals surface area (Å²) in [5.41, 5.74) is 0. The van der Waals surface area contributed by atoms with Gasteiger partial charge < -0.3 is 5.11 Å². The molecule has 0 aliphatic carbocycles. The van der Waals surface area contributed by atoms with E-state index in [9.17, 15) is 5.11 Å². The number of hydrogen-bond donors (Lipinski definition) is 0. The predicted octanol–water partition coefficient (Wildman–Crippen LogP) is 3.98. The van der Waals surface area contributed by atoms with Gasteiger partial charge in [0.2, 0.25) is 0 Å². The van der Waals surface area contributed by atoms with Gasteiger partial charge >= 0.3 is 0 Å². The van der Waals surface area contributed by atoms with E-state index >= 15 is 0 Å². The van der Waals surface area contributed by atoms with E-state index in [1.165, 1.54) is 15.9 Å². The third kappa shape index (κ3) is 3.67. The summed E-state index contributed by atoms with van der Waals surface area (Å²) in [6.45, 7) is 2.05. The van der Waals surface area contributed by atoms with Gasteiger partial charge in [-0.1, -0.05) is 73.7 Å². The normalized spacial score (nSPS) is 12.1. The molecule has 25 heavy (non-hydrogen) atoms. The molecule has 0 N–H and O–H groups in total. The summed E-state index contributed by atoms with van der Waals surface area (Å²) in [5, 5.41) is 16.4. The number of benzene rings is 3. The zero-order valence-electron chi connectivity index (χ0n) is 14.5. The molecule has 3 aromatic carbocycles. The summed E-state index contributed by atoms with van der Waals surface area (Å²) in [7, 11) is -2.11. The lowest BCUT2D eigenvalue weighted by molar-refractivity contribution is -0.306. The molecule has 0 atom stereocenters. The Bertz CT molecular complexity index is 714. The van der Waals surface area contributed by atoms with E-state index in [0.29, 0.717) is 6.42 Å². The van der Waals surface area contributed by atoms with Crippen molar-refractivity contribution in [2.45, 2.75) is 19.8 Å². The van der Waals surface area contributed by atoms with Crippen molar-refractivity contribution in [3.8, 4) is 0 Å². The van der Waals surface area contributed by atoms with Gasteiger partial charge in [-0.05, 0) is 42.8 Å². The van der Waals surface area contributed by atoms with Gasteiger partial charge in [-0.2, -0.15) is 0 Å². The van der Waals surface area contributed by atoms with Crippen molar-refractivity contribution < 1.29 is 5.11 Å². The minimum absolute atomic E-state index is 0.229. The van der Waals surface area contributed by atoms with E-state index in [2.05, 4.69) is 79.7 Å². The molecule has 0 aromatic heterocycles. The molecule has 0 unspecified atom stereocenters. The van der Waals surface area contributed by atoms with Crippen LogP contribution >= 0.6 is 7.26 Å². The lowest BCUT2D eigenvalue weighted by Gasteiger charge is -2.26. The second kappa shape index (κ2) is 8.14. The standard InChI is InChI=1S/C23H23OP/c1-2-12-20(24)19-25(21-13-6-3-7-14-21,22-15-8-4-9-16-22)23-17-10-5-11-18-23/h3-11,13-19H,2,12H2,1H3/b20-19-. The van der Waals surface area contributed by atoms with Crippen LogP contribution in [0.25, 0.3) is 0 Å². The monoisotopic (exact) mass is 346 g/mol. The Morgan fingerprint density at radius 3 is 1.40 bits per heavy atom. The molecule has 0 radical (unpaired) electrons. The molecule has 0 fully saturated rings. The van der Waals surface area contributed by atoms with Crippen LogP contribution in [0.1, 0.15) is 19.8 Å². The summed E-state index contributed by atoms with van der Waals surface area (Å²) in [6.07, 6.45) is 1.46. The Morgan fingerprint density at radius 1 is 0.720 bits per heavy atom. The SMILES string of the molecule is CCC/C([O-])=C/[P+](c1ccccc1)(c1ccccc1)c1ccccc1. The van der Waals surface area contributed by atoms with E-state index in [1.54, 1.807) is 0 Å². The van der Waals surface area contributed by atoms with Gasteiger partial charge in [0.1, 0.15) is 23.2 Å². The highest BCUT2D eigenvalue weighted by atomic mass is 31.2. The number of hydrogen-bond acceptors (Lipinski definition) is 1. The highest BCUT2D eigenvalue weighted by molar-refractivity contribution is 7.98. The molecular weight excluding hydrogens is 323 g/mol. The van der Waals surface area contributed by atoms with Crippen LogP contribution in [0.3, 0.4) is 0 Å². The Hall–Kier alpha value is -2.37. The maximum atomic E-state index is 12.8. The van der Waals surface area contributed by atoms with Crippen LogP contribution in [-0.4, -0.2) is 0 Å². The van der Waals surface area contributed by atoms with Gasteiger partial charge in [0, 0.05) is 0 Å². The lowest BCUT2D eigenvalue weighted by Crippen LogP contribution is -2.30. The third-order valence-corrected chi connectivity index (χ3v) is 8.34. The molecule has 2 heteroatoms. The van der Waals surface area contributed by atoms with Gasteiger partial charge in [-0.15, -0.1) is 0 Å². The topological polar surface area (TPSA) is 23.1 Å². The minimum atomic E-state index is -2.11. The van der Waals surface area contributed by atoms with Gasteiger partial charge in [-0.25, -0.2) is 0 Å². The van der Waals surface area contributed by atoms with Crippen LogP contribution in [0.5, 0.6) is 0 Å². The van der Waals surface area contributed by atoms with Crippen LogP contribution in [0.15, 0.2) is 103 Å². The zero-order chi connectivity index (χ0) is 17.5. The highest BCUT2D eigenvalue weighted by Gasteiger charge is 2.43. The number of allylic oxidation sites excluding steroid dienone is 1. The van der Waals surface area contributed by atoms with Gasteiger partial charge in [0.05, 0.1) is 5.82 Å². The van der Waals surface area contributed by atoms with Gasteiger partial charge in [-0.3, -0.25) is 0 Å². The van der Waals surface area contributed by atoms with Crippen molar-refractivity contribution in [2.75, 3.05) is 0 Å². The third-order valence-electron chi connectivity index (χ3n) is 4.32. The molecule has 0 saturated heterocycles. The Balaban J connectivity index is 2.34. The van der Waals surface area contributed by atoms with E-state index < -0.39 is 7.26 Å². The van der Waals surface area contributed by atoms with Crippen molar-refractivity contribution in [2.24, 2.45) is 0 Å². The summed E-state index contributed by atoms with van der Waals surface area (Å²) in [6, 6.07) is 31.4. The summed E-state index contributed by atoms with van der Waals surface area (Å²) < 4.78 is 0. The van der Waals surface area contributed by atoms with Crippen molar-refractivity contribution in [1.29, 1.82) is 0 Å². The van der Waals surface area contributed by atoms with Crippen LogP contribution in [0.4, 0.5) is 0 Å². The molecular formula is C23H23OP. The molecule has 0 amide bonds. The Morgan fingerprint density at radius 2 is 1.08 bits per heavy atom. The molecule has 1 nitrogen and oxygen atoms in total. The quantitative estimate of drug-likeness (QED) is 0.489. The van der Waals surface area contributed by atoms with Crippen LogP contribution in [0.2, 0.25) is 0 Å². The fourth-order valence-corrected chi connectivity index (χ4v) is 7.02. The molecule has 3 rings (SSSR count). The lowest BCUT2D eigenvalue weighted by atomic mass is 10.3. The minimum Gasteiger partial charge on any atom is -0.873 e. The molecule has 3 aromatic rings. The van der Waals surface area contributed by atoms with E-state index in [1.807, 2.05) is 24.0 Å². The average Bonchev–Trinajstić information content (AvgIpc) is 2.68. The molecule has 0 aliphatic heterocycles. The van der Waals surface area contributed by atoms with Crippen molar-refractivity contribution in [1.82, 2.24) is 0 Å². The zero-order valence-corrected chi connectivity index (χ0v) is 15.4. The fourth-order valence-electron chi connectivity index (χ4n) is 3.19. The first-order valence-electron chi connectivity index (χ1n) is 8.71. The largest absolute Gasteiger partial charge is 0.873 e. The van der Waals surface area contributed by atoms with E-state index in [0.717, 1.165) is 6.42 Å². The molecule has 0 spiro atoms. The molecule has 0 bridgehead atoms. The maximum Gasteiger partial charge on any atom is 0.136 e. The van der Waals surface area contributed by atoms with Crippen molar-refractivity contribution >= 4 is 23.2 Å². The van der Waals surface area contributed by atoms with Crippen LogP contribution in [0, 0.1) is 0 Å². The maximum absolute atomic E-state index is 12.8. The molecule has 0 saturated carbocycles. The molecule has 0 aliphatic rings. The molecule has 126 valence electrons. The number of rotatable bonds is 6. The second-order valence-electron chi connectivity index (χ2n) is 6.07. The summed E-state index contributed by atoms with van der Waals surface area (Å²) >= 11 is 0. The smallest absolute Gasteiger partial charge is 0.136 e. The first-order chi connectivity index (χ1) is 12.3. The predicted molar refractivity (Wildman–Crippen MR) is 108 cm³/mol. The first kappa shape index (κ1) is 17.5.